The SMILES string of the molecule is C=N/C=C\C=C(/C)C(C)Nc1cc(-c2cccc(N3CC(N)C3)c2)c2nccnc2c1. The van der Waals surface area contributed by atoms with E-state index in [9.17, 15) is 0 Å². The molecule has 4 rings (SSSR count). The molecule has 1 aromatic heterocycles. The Morgan fingerprint density at radius 1 is 1.26 bits per heavy atom. The van der Waals surface area contributed by atoms with E-state index in [4.69, 9.17) is 5.73 Å². The minimum Gasteiger partial charge on any atom is -0.379 e. The first-order valence-electron chi connectivity index (χ1n) is 10.5. The normalized spacial score (nSPS) is 15.8. The highest BCUT2D eigenvalue weighted by molar-refractivity contribution is 5.95. The number of fused-ring (bicyclic) bond motifs is 1. The van der Waals surface area contributed by atoms with Gasteiger partial charge in [0.25, 0.3) is 0 Å². The van der Waals surface area contributed by atoms with E-state index in [-0.39, 0.29) is 12.1 Å². The standard InChI is InChI=1S/C25H28N6/c1-17(6-5-9-27-3)18(2)30-21-13-23(25-24(14-21)28-10-11-29-25)19-7-4-8-22(12-19)31-15-20(26)16-31/h4-14,18,20,30H,3,15-16,26H2,1-2H3/b9-5-,17-6+. The molecule has 2 aromatic carbocycles. The first-order chi connectivity index (χ1) is 15.0. The van der Waals surface area contributed by atoms with Crippen LogP contribution in [-0.4, -0.2) is 41.9 Å². The number of benzene rings is 2. The first-order valence-corrected chi connectivity index (χ1v) is 10.5. The summed E-state index contributed by atoms with van der Waals surface area (Å²) in [7, 11) is 0. The summed E-state index contributed by atoms with van der Waals surface area (Å²) in [6.45, 7) is 9.48. The third-order valence-electron chi connectivity index (χ3n) is 5.62. The Labute approximate surface area is 183 Å². The summed E-state index contributed by atoms with van der Waals surface area (Å²) < 4.78 is 0. The predicted molar refractivity (Wildman–Crippen MR) is 131 cm³/mol. The highest BCUT2D eigenvalue weighted by Gasteiger charge is 2.23. The van der Waals surface area contributed by atoms with Crippen molar-refractivity contribution in [2.75, 3.05) is 23.3 Å². The zero-order chi connectivity index (χ0) is 21.8. The van der Waals surface area contributed by atoms with Crippen molar-refractivity contribution in [1.82, 2.24) is 9.97 Å². The molecule has 6 nitrogen and oxygen atoms in total. The fraction of sp³-hybridized carbons (Fsp3) is 0.240. The maximum absolute atomic E-state index is 5.97. The van der Waals surface area contributed by atoms with Crippen LogP contribution in [-0.2, 0) is 0 Å². The number of hydrogen-bond acceptors (Lipinski definition) is 6. The van der Waals surface area contributed by atoms with Gasteiger partial charge in [-0.25, -0.2) is 0 Å². The Balaban J connectivity index is 1.69. The first kappa shape index (κ1) is 20.8. The number of aromatic nitrogens is 2. The zero-order valence-corrected chi connectivity index (χ0v) is 18.0. The quantitative estimate of drug-likeness (QED) is 0.444. The monoisotopic (exact) mass is 412 g/mol. The number of nitrogens with two attached hydrogens (primary N) is 1. The number of nitrogens with zero attached hydrogens (tertiary/aromatic N) is 4. The molecule has 31 heavy (non-hydrogen) atoms. The number of rotatable bonds is 7. The van der Waals surface area contributed by atoms with Gasteiger partial charge in [-0.15, -0.1) is 0 Å². The van der Waals surface area contributed by atoms with Crippen molar-refractivity contribution >= 4 is 29.1 Å². The van der Waals surface area contributed by atoms with Crippen LogP contribution in [0.2, 0.25) is 0 Å². The molecular weight excluding hydrogens is 384 g/mol. The van der Waals surface area contributed by atoms with Gasteiger partial charge in [-0.05, 0) is 56.5 Å². The van der Waals surface area contributed by atoms with Crippen LogP contribution in [0.3, 0.4) is 0 Å². The molecule has 1 atom stereocenters. The molecule has 3 N–H and O–H groups in total. The molecule has 0 saturated carbocycles. The smallest absolute Gasteiger partial charge is 0.0966 e. The van der Waals surface area contributed by atoms with Crippen molar-refractivity contribution in [3.05, 3.63) is 72.7 Å². The van der Waals surface area contributed by atoms with Crippen LogP contribution < -0.4 is 16.0 Å². The number of allylic oxidation sites excluding steroid dienone is 2. The minimum absolute atomic E-state index is 0.144. The van der Waals surface area contributed by atoms with Crippen LogP contribution in [0.15, 0.2) is 77.7 Å². The second-order valence-corrected chi connectivity index (χ2v) is 7.96. The molecule has 6 heteroatoms. The third kappa shape index (κ3) is 4.64. The van der Waals surface area contributed by atoms with Crippen LogP contribution >= 0.6 is 0 Å². The second kappa shape index (κ2) is 9.10. The lowest BCUT2D eigenvalue weighted by Crippen LogP contribution is -2.55. The van der Waals surface area contributed by atoms with Crippen LogP contribution in [0, 0.1) is 0 Å². The van der Waals surface area contributed by atoms with Crippen LogP contribution in [0.1, 0.15) is 13.8 Å². The maximum atomic E-state index is 5.97. The Morgan fingerprint density at radius 2 is 2.06 bits per heavy atom. The number of hydrogen-bond donors (Lipinski definition) is 2. The third-order valence-corrected chi connectivity index (χ3v) is 5.62. The van der Waals surface area contributed by atoms with Crippen molar-refractivity contribution in [3.63, 3.8) is 0 Å². The molecule has 1 unspecified atom stereocenters. The van der Waals surface area contributed by atoms with Crippen molar-refractivity contribution in [1.29, 1.82) is 0 Å². The topological polar surface area (TPSA) is 79.4 Å². The fourth-order valence-electron chi connectivity index (χ4n) is 3.74. The van der Waals surface area contributed by atoms with Gasteiger partial charge in [0.2, 0.25) is 0 Å². The molecule has 1 aliphatic heterocycles. The Hall–Kier alpha value is -3.51. The van der Waals surface area contributed by atoms with Crippen molar-refractivity contribution in [2.45, 2.75) is 25.9 Å². The lowest BCUT2D eigenvalue weighted by molar-refractivity contribution is 0.519. The van der Waals surface area contributed by atoms with E-state index in [0.717, 1.165) is 40.9 Å². The summed E-state index contributed by atoms with van der Waals surface area (Å²) in [5, 5.41) is 3.59. The molecule has 1 aliphatic rings. The molecule has 2 heterocycles. The Kier molecular flexibility index (Phi) is 6.09. The summed E-state index contributed by atoms with van der Waals surface area (Å²) in [5.41, 5.74) is 13.3. The van der Waals surface area contributed by atoms with Gasteiger partial charge in [0.05, 0.1) is 11.0 Å². The molecule has 158 valence electrons. The van der Waals surface area contributed by atoms with Crippen molar-refractivity contribution in [3.8, 4) is 11.1 Å². The van der Waals surface area contributed by atoms with Crippen LogP contribution in [0.25, 0.3) is 22.2 Å². The molecule has 0 spiro atoms. The van der Waals surface area contributed by atoms with E-state index < -0.39 is 0 Å². The van der Waals surface area contributed by atoms with Gasteiger partial charge < -0.3 is 16.0 Å². The van der Waals surface area contributed by atoms with Crippen molar-refractivity contribution < 1.29 is 0 Å². The molecule has 1 saturated heterocycles. The van der Waals surface area contributed by atoms with Gasteiger partial charge in [0.15, 0.2) is 0 Å². The summed E-state index contributed by atoms with van der Waals surface area (Å²) in [4.78, 5) is 15.2. The second-order valence-electron chi connectivity index (χ2n) is 7.96. The molecule has 0 aliphatic carbocycles. The van der Waals surface area contributed by atoms with E-state index in [2.05, 4.69) is 82.1 Å². The largest absolute Gasteiger partial charge is 0.379 e. The number of aliphatic imine (C=N–C) groups is 1. The molecule has 3 aromatic rings. The van der Waals surface area contributed by atoms with Crippen molar-refractivity contribution in [2.24, 2.45) is 10.7 Å². The summed E-state index contributed by atoms with van der Waals surface area (Å²) in [6, 6.07) is 13.2. The Bertz CT molecular complexity index is 1140. The highest BCUT2D eigenvalue weighted by Crippen LogP contribution is 2.33. The Morgan fingerprint density at radius 3 is 2.84 bits per heavy atom. The van der Waals surface area contributed by atoms with Gasteiger partial charge in [0, 0.05) is 60.7 Å². The lowest BCUT2D eigenvalue weighted by atomic mass is 10.00. The van der Waals surface area contributed by atoms with Crippen LogP contribution in [0.4, 0.5) is 11.4 Å². The van der Waals surface area contributed by atoms with Gasteiger partial charge in [-0.2, -0.15) is 0 Å². The van der Waals surface area contributed by atoms with E-state index >= 15 is 0 Å². The number of nitrogens with one attached hydrogen (secondary N) is 1. The minimum atomic E-state index is 0.144. The summed E-state index contributed by atoms with van der Waals surface area (Å²) in [6.07, 6.45) is 9.08. The average molecular weight is 413 g/mol. The predicted octanol–water partition coefficient (Wildman–Crippen LogP) is 4.41. The maximum Gasteiger partial charge on any atom is 0.0966 e. The van der Waals surface area contributed by atoms with E-state index in [1.54, 1.807) is 18.6 Å². The molecule has 1 fully saturated rings. The fourth-order valence-corrected chi connectivity index (χ4v) is 3.74. The van der Waals surface area contributed by atoms with E-state index in [1.807, 2.05) is 12.2 Å². The summed E-state index contributed by atoms with van der Waals surface area (Å²) in [5.74, 6) is 0. The van der Waals surface area contributed by atoms with Gasteiger partial charge in [-0.1, -0.05) is 23.8 Å². The molecule has 0 amide bonds. The lowest BCUT2D eigenvalue weighted by Gasteiger charge is -2.39. The number of anilines is 2. The van der Waals surface area contributed by atoms with E-state index in [1.165, 1.54) is 11.3 Å². The van der Waals surface area contributed by atoms with E-state index in [0.29, 0.717) is 0 Å². The zero-order valence-electron chi connectivity index (χ0n) is 18.0. The molecular formula is C25H28N6. The average Bonchev–Trinajstić information content (AvgIpc) is 2.76. The van der Waals surface area contributed by atoms with Gasteiger partial charge >= 0.3 is 0 Å². The van der Waals surface area contributed by atoms with Gasteiger partial charge in [0.1, 0.15) is 0 Å². The highest BCUT2D eigenvalue weighted by atomic mass is 15.2. The molecule has 0 radical (unpaired) electrons. The summed E-state index contributed by atoms with van der Waals surface area (Å²) >= 11 is 0. The molecule has 0 bridgehead atoms. The van der Waals surface area contributed by atoms with Gasteiger partial charge in [-0.3, -0.25) is 15.0 Å². The van der Waals surface area contributed by atoms with Crippen LogP contribution in [0.5, 0.6) is 0 Å².